The molecular formula is C12H18BrClN2O2S2. The van der Waals surface area contributed by atoms with E-state index in [1.807, 2.05) is 0 Å². The van der Waals surface area contributed by atoms with Gasteiger partial charge < -0.3 is 5.32 Å². The van der Waals surface area contributed by atoms with Crippen LogP contribution in [0.4, 0.5) is 0 Å². The monoisotopic (exact) mass is 400 g/mol. The van der Waals surface area contributed by atoms with Crippen LogP contribution in [0.25, 0.3) is 0 Å². The first-order valence-corrected chi connectivity index (χ1v) is 9.53. The second kappa shape index (κ2) is 6.22. The van der Waals surface area contributed by atoms with Gasteiger partial charge in [0.1, 0.15) is 4.21 Å². The molecule has 0 radical (unpaired) electrons. The molecule has 0 aromatic carbocycles. The van der Waals surface area contributed by atoms with Crippen LogP contribution in [0.1, 0.15) is 19.3 Å². The third kappa shape index (κ3) is 3.08. The minimum Gasteiger partial charge on any atom is -0.317 e. The number of hydrogen-bond donors (Lipinski definition) is 1. The highest BCUT2D eigenvalue weighted by Crippen LogP contribution is 2.41. The average molecular weight is 402 g/mol. The second-order valence-electron chi connectivity index (χ2n) is 5.40. The van der Waals surface area contributed by atoms with Gasteiger partial charge in [-0.2, -0.15) is 4.31 Å². The fraction of sp³-hybridized carbons (Fsp3) is 0.667. The van der Waals surface area contributed by atoms with E-state index in [1.165, 1.54) is 11.3 Å². The number of rotatable bonds is 2. The van der Waals surface area contributed by atoms with Crippen molar-refractivity contribution in [1.29, 1.82) is 0 Å². The minimum atomic E-state index is -3.29. The summed E-state index contributed by atoms with van der Waals surface area (Å²) in [5.41, 5.74) is 0.215. The summed E-state index contributed by atoms with van der Waals surface area (Å²) in [5, 5.41) is 3.35. The zero-order valence-electron chi connectivity index (χ0n) is 11.0. The lowest BCUT2D eigenvalue weighted by molar-refractivity contribution is 0.218. The first kappa shape index (κ1) is 16.7. The van der Waals surface area contributed by atoms with Crippen LogP contribution in [0, 0.1) is 5.41 Å². The molecule has 1 spiro atoms. The predicted molar refractivity (Wildman–Crippen MR) is 87.2 cm³/mol. The molecule has 3 rings (SSSR count). The van der Waals surface area contributed by atoms with Crippen LogP contribution in [0.2, 0.25) is 0 Å². The van der Waals surface area contributed by atoms with Crippen molar-refractivity contribution in [2.75, 3.05) is 26.2 Å². The molecule has 0 unspecified atom stereocenters. The lowest BCUT2D eigenvalue weighted by atomic mass is 9.78. The highest BCUT2D eigenvalue weighted by Gasteiger charge is 2.43. The largest absolute Gasteiger partial charge is 0.317 e. The quantitative estimate of drug-likeness (QED) is 0.829. The van der Waals surface area contributed by atoms with Crippen molar-refractivity contribution in [3.05, 3.63) is 15.9 Å². The normalized spacial score (nSPS) is 22.9. The Morgan fingerprint density at radius 3 is 2.55 bits per heavy atom. The molecule has 0 atom stereocenters. The smallest absolute Gasteiger partial charge is 0.252 e. The molecule has 3 heterocycles. The zero-order valence-corrected chi connectivity index (χ0v) is 15.0. The molecule has 1 N–H and O–H groups in total. The average Bonchev–Trinajstić information content (AvgIpc) is 2.98. The molecule has 0 amide bonds. The van der Waals surface area contributed by atoms with Gasteiger partial charge in [-0.25, -0.2) is 8.42 Å². The van der Waals surface area contributed by atoms with Crippen LogP contribution in [-0.2, 0) is 10.0 Å². The molecule has 8 heteroatoms. The Hall–Kier alpha value is 0.340. The van der Waals surface area contributed by atoms with Gasteiger partial charge in [0.15, 0.2) is 0 Å². The number of piperidine rings is 1. The van der Waals surface area contributed by atoms with E-state index in [2.05, 4.69) is 21.2 Å². The van der Waals surface area contributed by atoms with E-state index >= 15 is 0 Å². The highest BCUT2D eigenvalue weighted by atomic mass is 79.9. The van der Waals surface area contributed by atoms with Gasteiger partial charge >= 0.3 is 0 Å². The third-order valence-corrected chi connectivity index (χ3v) is 8.15. The number of hydrogen-bond acceptors (Lipinski definition) is 4. The number of sulfonamides is 1. The molecule has 2 saturated heterocycles. The van der Waals surface area contributed by atoms with Gasteiger partial charge in [-0.15, -0.1) is 23.7 Å². The van der Waals surface area contributed by atoms with E-state index in [9.17, 15) is 8.42 Å². The molecule has 1 aromatic heterocycles. The Bertz CT molecular complexity index is 570. The van der Waals surface area contributed by atoms with Crippen LogP contribution in [-0.4, -0.2) is 38.9 Å². The summed E-state index contributed by atoms with van der Waals surface area (Å²) < 4.78 is 28.1. The van der Waals surface area contributed by atoms with Crippen LogP contribution in [0.5, 0.6) is 0 Å². The maximum Gasteiger partial charge on any atom is 0.252 e. The minimum absolute atomic E-state index is 0. The maximum atomic E-state index is 12.6. The van der Waals surface area contributed by atoms with E-state index in [0.29, 0.717) is 17.3 Å². The SMILES string of the molecule is Cl.O=S(=O)(c1ccc(Br)s1)N1CCC2(CCNCC2)C1. The molecule has 114 valence electrons. The summed E-state index contributed by atoms with van der Waals surface area (Å²) in [5.74, 6) is 0. The van der Waals surface area contributed by atoms with Crippen molar-refractivity contribution < 1.29 is 8.42 Å². The van der Waals surface area contributed by atoms with Crippen molar-refractivity contribution in [3.8, 4) is 0 Å². The third-order valence-electron chi connectivity index (χ3n) is 4.21. The standard InChI is InChI=1S/C12H17BrN2O2S2.ClH/c13-10-1-2-11(18-10)19(16,17)15-8-5-12(9-15)3-6-14-7-4-12;/h1-2,14H,3-9H2;1H. The summed E-state index contributed by atoms with van der Waals surface area (Å²) in [6.07, 6.45) is 3.18. The molecule has 0 saturated carbocycles. The van der Waals surface area contributed by atoms with E-state index < -0.39 is 10.0 Å². The van der Waals surface area contributed by atoms with Gasteiger partial charge in [0.2, 0.25) is 0 Å². The van der Waals surface area contributed by atoms with Crippen molar-refractivity contribution >= 4 is 49.7 Å². The van der Waals surface area contributed by atoms with Crippen LogP contribution >= 0.6 is 39.7 Å². The lowest BCUT2D eigenvalue weighted by Crippen LogP contribution is -2.39. The van der Waals surface area contributed by atoms with Gasteiger partial charge in [-0.3, -0.25) is 0 Å². The second-order valence-corrected chi connectivity index (χ2v) is 10.0. The summed E-state index contributed by atoms with van der Waals surface area (Å²) >= 11 is 4.62. The summed E-state index contributed by atoms with van der Waals surface area (Å²) in [6, 6.07) is 3.49. The van der Waals surface area contributed by atoms with Gasteiger partial charge in [0.05, 0.1) is 3.79 Å². The molecule has 2 aliphatic rings. The molecule has 20 heavy (non-hydrogen) atoms. The summed E-state index contributed by atoms with van der Waals surface area (Å²) in [7, 11) is -3.29. The van der Waals surface area contributed by atoms with Gasteiger partial charge in [-0.1, -0.05) is 0 Å². The number of thiophene rings is 1. The van der Waals surface area contributed by atoms with Crippen molar-refractivity contribution in [1.82, 2.24) is 9.62 Å². The summed E-state index contributed by atoms with van der Waals surface area (Å²) in [6.45, 7) is 3.38. The Morgan fingerprint density at radius 1 is 1.25 bits per heavy atom. The zero-order chi connectivity index (χ0) is 13.5. The Balaban J connectivity index is 0.00000147. The fourth-order valence-corrected chi connectivity index (χ4v) is 6.75. The van der Waals surface area contributed by atoms with Gasteiger partial charge in [-0.05, 0) is 65.8 Å². The summed E-state index contributed by atoms with van der Waals surface area (Å²) in [4.78, 5) is 0. The van der Waals surface area contributed by atoms with E-state index in [4.69, 9.17) is 0 Å². The van der Waals surface area contributed by atoms with Crippen LogP contribution in [0.15, 0.2) is 20.1 Å². The number of nitrogens with zero attached hydrogens (tertiary/aromatic N) is 1. The molecule has 2 fully saturated rings. The molecule has 0 aliphatic carbocycles. The van der Waals surface area contributed by atoms with Crippen molar-refractivity contribution in [3.63, 3.8) is 0 Å². The van der Waals surface area contributed by atoms with Gasteiger partial charge in [0, 0.05) is 13.1 Å². The first-order chi connectivity index (χ1) is 9.02. The first-order valence-electron chi connectivity index (χ1n) is 6.48. The molecule has 2 aliphatic heterocycles. The number of halogens is 2. The Labute approximate surface area is 138 Å². The molecule has 0 bridgehead atoms. The topological polar surface area (TPSA) is 49.4 Å². The van der Waals surface area contributed by atoms with E-state index in [-0.39, 0.29) is 17.8 Å². The van der Waals surface area contributed by atoms with E-state index in [1.54, 1.807) is 16.4 Å². The van der Waals surface area contributed by atoms with Crippen molar-refractivity contribution in [2.45, 2.75) is 23.5 Å². The Kier molecular flexibility index (Phi) is 5.20. The van der Waals surface area contributed by atoms with Gasteiger partial charge in [0.25, 0.3) is 10.0 Å². The Morgan fingerprint density at radius 2 is 1.95 bits per heavy atom. The molecule has 4 nitrogen and oxygen atoms in total. The lowest BCUT2D eigenvalue weighted by Gasteiger charge is -2.33. The van der Waals surface area contributed by atoms with Crippen LogP contribution < -0.4 is 5.32 Å². The molecular weight excluding hydrogens is 384 g/mol. The highest BCUT2D eigenvalue weighted by molar-refractivity contribution is 9.11. The predicted octanol–water partition coefficient (Wildman–Crippen LogP) is 2.70. The van der Waals surface area contributed by atoms with E-state index in [0.717, 1.165) is 36.1 Å². The number of nitrogens with one attached hydrogen (secondary N) is 1. The fourth-order valence-electron chi connectivity index (χ4n) is 3.03. The van der Waals surface area contributed by atoms with Crippen molar-refractivity contribution in [2.24, 2.45) is 5.41 Å². The maximum absolute atomic E-state index is 12.6. The molecule has 1 aromatic rings. The van der Waals surface area contributed by atoms with Crippen LogP contribution in [0.3, 0.4) is 0 Å².